The Balaban J connectivity index is -0.000000216. The quantitative estimate of drug-likeness (QED) is 0.705. The fraction of sp³-hybridized carbons (Fsp3) is 0.250. The van der Waals surface area contributed by atoms with Crippen LogP contribution in [0.1, 0.15) is 6.42 Å². The summed E-state index contributed by atoms with van der Waals surface area (Å²) < 4.78 is 0. The van der Waals surface area contributed by atoms with Crippen molar-refractivity contribution >= 4 is 37.3 Å². The van der Waals surface area contributed by atoms with Crippen molar-refractivity contribution in [2.24, 2.45) is 0 Å². The Labute approximate surface area is 137 Å². The second-order valence-corrected chi connectivity index (χ2v) is 3.23. The summed E-state index contributed by atoms with van der Waals surface area (Å²) in [6.45, 7) is 2.08. The predicted molar refractivity (Wildman–Crippen MR) is 78.2 cm³/mol. The average Bonchev–Trinajstić information content (AvgIpc) is 2.77. The molecule has 0 fully saturated rings. The maximum atomic E-state index is 2.99. The largest absolute Gasteiger partial charge is 0.273 e. The average molecular weight is 348 g/mol. The van der Waals surface area contributed by atoms with Crippen LogP contribution in [0, 0.1) is 6.08 Å². The van der Waals surface area contributed by atoms with E-state index < -0.39 is 0 Å². The summed E-state index contributed by atoms with van der Waals surface area (Å²) in [7, 11) is 4.07. The first-order chi connectivity index (χ1) is 6.80. The van der Waals surface area contributed by atoms with Gasteiger partial charge in [-0.3, -0.25) is 6.08 Å². The van der Waals surface area contributed by atoms with Crippen LogP contribution in [0.5, 0.6) is 0 Å². The number of hydrogen-bond donors (Lipinski definition) is 0. The third-order valence-corrected chi connectivity index (χ3v) is 1.86. The molecule has 1 aromatic heterocycles. The molecule has 1 aromatic rings. The molecule has 0 saturated heterocycles. The van der Waals surface area contributed by atoms with Gasteiger partial charge in [0.25, 0.3) is 0 Å². The molecule has 1 heterocycles. The van der Waals surface area contributed by atoms with E-state index in [1.54, 1.807) is 0 Å². The summed E-state index contributed by atoms with van der Waals surface area (Å²) in [5.41, 5.74) is 1.25. The van der Waals surface area contributed by atoms with E-state index in [1.807, 2.05) is 44.3 Å². The molecule has 1 aliphatic carbocycles. The molecule has 0 aliphatic heterocycles. The van der Waals surface area contributed by atoms with E-state index in [2.05, 4.69) is 30.0 Å². The van der Waals surface area contributed by atoms with Crippen molar-refractivity contribution in [2.75, 3.05) is 19.0 Å². The van der Waals surface area contributed by atoms with Gasteiger partial charge in [-0.05, 0) is 0 Å². The monoisotopic (exact) mass is 346 g/mol. The van der Waals surface area contributed by atoms with Gasteiger partial charge in [0, 0.05) is 26.2 Å². The molecular weight excluding hydrogens is 331 g/mol. The number of rotatable bonds is 1. The van der Waals surface area contributed by atoms with E-state index in [0.717, 1.165) is 6.42 Å². The maximum absolute atomic E-state index is 2.99. The number of nitrogens with zero attached hydrogens (tertiary/aromatic N) is 1. The van der Waals surface area contributed by atoms with E-state index in [4.69, 9.17) is 0 Å². The molecule has 0 aromatic carbocycles. The summed E-state index contributed by atoms with van der Waals surface area (Å²) in [6, 6.07) is 6.14. The number of anilines is 1. The molecule has 0 N–H and O–H groups in total. The molecule has 0 radical (unpaired) electrons. The van der Waals surface area contributed by atoms with Gasteiger partial charge in [0.15, 0.2) is 0 Å². The van der Waals surface area contributed by atoms with Crippen LogP contribution in [0.15, 0.2) is 42.4 Å². The predicted octanol–water partition coefficient (Wildman–Crippen LogP) is 3.24. The van der Waals surface area contributed by atoms with Gasteiger partial charge in [-0.1, -0.05) is 0 Å². The van der Waals surface area contributed by atoms with Crippen LogP contribution in [-0.4, -0.2) is 21.0 Å². The van der Waals surface area contributed by atoms with Gasteiger partial charge >= 0.3 is 55.6 Å². The Hall–Kier alpha value is 0.158. The molecule has 92 valence electrons. The number of allylic oxidation sites excluding steroid dienone is 4. The van der Waals surface area contributed by atoms with Crippen LogP contribution in [0.4, 0.5) is 5.58 Å². The molecular formula is C12H17BCl2NZr-. The van der Waals surface area contributed by atoms with E-state index in [1.165, 1.54) is 5.58 Å². The standard InChI is InChI=1S/C7H10BN.C5H5.2ClH.Zr/c1-9(2)7-5-3-4-6-8-7;1-2-4-5-3-1;;;/h3-6H,1-2H3;1-3H,4H2;2*1H;/q;-1;;;. The first kappa shape index (κ1) is 22.3. The van der Waals surface area contributed by atoms with Gasteiger partial charge < -0.3 is 0 Å². The molecule has 0 atom stereocenters. The normalized spacial score (nSPS) is 9.76. The van der Waals surface area contributed by atoms with E-state index in [9.17, 15) is 0 Å². The molecule has 1 nitrogen and oxygen atoms in total. The van der Waals surface area contributed by atoms with E-state index in [0.29, 0.717) is 0 Å². The van der Waals surface area contributed by atoms with Gasteiger partial charge in [0.2, 0.25) is 0 Å². The Morgan fingerprint density at radius 3 is 2.18 bits per heavy atom. The summed E-state index contributed by atoms with van der Waals surface area (Å²) in [5.74, 6) is 2.04. The minimum atomic E-state index is 0. The van der Waals surface area contributed by atoms with Gasteiger partial charge in [0.05, 0.1) is 0 Å². The summed E-state index contributed by atoms with van der Waals surface area (Å²) >= 11 is 0. The van der Waals surface area contributed by atoms with Crippen LogP contribution < -0.4 is 4.90 Å². The zero-order valence-electron chi connectivity index (χ0n) is 10.1. The zero-order chi connectivity index (χ0) is 10.2. The Kier molecular flexibility index (Phi) is 18.7. The van der Waals surface area contributed by atoms with E-state index >= 15 is 0 Å². The fourth-order valence-corrected chi connectivity index (χ4v) is 1.07. The summed E-state index contributed by atoms with van der Waals surface area (Å²) in [6.07, 6.45) is 10.0. The molecule has 17 heavy (non-hydrogen) atoms. The first-order valence-corrected chi connectivity index (χ1v) is 4.75. The third-order valence-electron chi connectivity index (χ3n) is 1.86. The Morgan fingerprint density at radius 2 is 1.94 bits per heavy atom. The van der Waals surface area contributed by atoms with E-state index in [-0.39, 0.29) is 51.0 Å². The topological polar surface area (TPSA) is 3.24 Å². The smallest absolute Gasteiger partial charge is 0 e. The van der Waals surface area contributed by atoms with Crippen LogP contribution in [0.25, 0.3) is 0 Å². The first-order valence-electron chi connectivity index (χ1n) is 4.75. The van der Waals surface area contributed by atoms with Crippen molar-refractivity contribution < 1.29 is 26.2 Å². The van der Waals surface area contributed by atoms with Gasteiger partial charge in [-0.2, -0.15) is 6.08 Å². The molecule has 1 aliphatic rings. The second kappa shape index (κ2) is 14.2. The summed E-state index contributed by atoms with van der Waals surface area (Å²) in [5, 5.41) is 0. The van der Waals surface area contributed by atoms with Crippen molar-refractivity contribution in [2.45, 2.75) is 6.42 Å². The molecule has 0 unspecified atom stereocenters. The zero-order valence-corrected chi connectivity index (χ0v) is 14.2. The van der Waals surface area contributed by atoms with Crippen molar-refractivity contribution in [1.82, 2.24) is 0 Å². The van der Waals surface area contributed by atoms with Crippen molar-refractivity contribution in [3.05, 3.63) is 48.5 Å². The number of hydrogen-bond acceptors (Lipinski definition) is 1. The molecule has 2 rings (SSSR count). The van der Waals surface area contributed by atoms with Gasteiger partial charge in [-0.25, -0.2) is 12.2 Å². The van der Waals surface area contributed by atoms with Crippen molar-refractivity contribution in [1.29, 1.82) is 0 Å². The van der Waals surface area contributed by atoms with Gasteiger partial charge in [-0.15, -0.1) is 31.2 Å². The summed E-state index contributed by atoms with van der Waals surface area (Å²) in [4.78, 5) is 2.08. The molecule has 0 bridgehead atoms. The van der Waals surface area contributed by atoms with Crippen LogP contribution in [0.2, 0.25) is 0 Å². The number of halogens is 2. The van der Waals surface area contributed by atoms with Crippen LogP contribution in [-0.2, 0) is 26.2 Å². The van der Waals surface area contributed by atoms with Gasteiger partial charge in [0.1, 0.15) is 0 Å². The molecule has 0 amide bonds. The minimum Gasteiger partial charge on any atom is -0.273 e. The SMILES string of the molecule is CN(C)c1bcccc1.Cl.Cl.[C-]1=CC=CC1.[Zr]. The minimum absolute atomic E-state index is 0. The second-order valence-electron chi connectivity index (χ2n) is 3.23. The third kappa shape index (κ3) is 11.0. The van der Waals surface area contributed by atoms with Crippen molar-refractivity contribution in [3.8, 4) is 0 Å². The molecule has 5 heteroatoms. The Morgan fingerprint density at radius 1 is 1.24 bits per heavy atom. The maximum Gasteiger partial charge on any atom is 0 e. The van der Waals surface area contributed by atoms with Crippen LogP contribution >= 0.6 is 24.8 Å². The van der Waals surface area contributed by atoms with Crippen molar-refractivity contribution in [3.63, 3.8) is 0 Å². The molecule has 0 spiro atoms. The fourth-order valence-electron chi connectivity index (χ4n) is 1.07. The molecule has 0 saturated carbocycles. The van der Waals surface area contributed by atoms with Crippen LogP contribution in [0.3, 0.4) is 0 Å². The Bertz CT molecular complexity index is 306.